The topological polar surface area (TPSA) is 26.0 Å². The van der Waals surface area contributed by atoms with Crippen LogP contribution in [-0.4, -0.2) is 4.75 Å². The number of benzene rings is 1. The second-order valence-corrected chi connectivity index (χ2v) is 6.05. The highest BCUT2D eigenvalue weighted by molar-refractivity contribution is 7.99. The highest BCUT2D eigenvalue weighted by Crippen LogP contribution is 2.28. The molecule has 0 amide bonds. The molecule has 1 rings (SSSR count). The lowest BCUT2D eigenvalue weighted by atomic mass is 10.2. The zero-order valence-corrected chi connectivity index (χ0v) is 9.62. The number of thioether (sulfide) groups is 1. The van der Waals surface area contributed by atoms with Crippen molar-refractivity contribution < 1.29 is 4.39 Å². The van der Waals surface area contributed by atoms with E-state index in [0.717, 1.165) is 5.56 Å². The molecule has 0 aromatic heterocycles. The van der Waals surface area contributed by atoms with Gasteiger partial charge in [-0.1, -0.05) is 26.8 Å². The molecule has 0 atom stereocenters. The van der Waals surface area contributed by atoms with Crippen LogP contribution < -0.4 is 5.73 Å². The Hall–Kier alpha value is -0.700. The third kappa shape index (κ3) is 3.58. The summed E-state index contributed by atoms with van der Waals surface area (Å²) in [4.78, 5) is 0. The number of rotatable bonds is 2. The molecule has 0 bridgehead atoms. The van der Waals surface area contributed by atoms with Crippen LogP contribution in [0, 0.1) is 5.82 Å². The summed E-state index contributed by atoms with van der Waals surface area (Å²) in [6, 6.07) is 4.86. The van der Waals surface area contributed by atoms with Gasteiger partial charge in [0.05, 0.1) is 0 Å². The summed E-state index contributed by atoms with van der Waals surface area (Å²) in [6.07, 6.45) is 0. The maximum absolute atomic E-state index is 13.3. The van der Waals surface area contributed by atoms with Crippen LogP contribution in [0.1, 0.15) is 26.3 Å². The molecule has 2 N–H and O–H groups in total. The van der Waals surface area contributed by atoms with Crippen molar-refractivity contribution in [2.24, 2.45) is 0 Å². The van der Waals surface area contributed by atoms with Crippen LogP contribution in [0.25, 0.3) is 0 Å². The first-order valence-electron chi connectivity index (χ1n) is 4.56. The predicted molar refractivity (Wildman–Crippen MR) is 61.9 cm³/mol. The molecule has 0 unspecified atom stereocenters. The minimum atomic E-state index is -0.207. The molecule has 1 aromatic carbocycles. The number of hydrogen-bond donors (Lipinski definition) is 1. The SMILES string of the molecule is CC(C)(C)SCc1ccc(N)cc1F. The predicted octanol–water partition coefficient (Wildman–Crippen LogP) is 3.44. The van der Waals surface area contributed by atoms with Gasteiger partial charge in [-0.2, -0.15) is 11.8 Å². The molecule has 1 aromatic rings. The molecule has 1 nitrogen and oxygen atoms in total. The van der Waals surface area contributed by atoms with Gasteiger partial charge in [-0.15, -0.1) is 0 Å². The number of nitrogens with two attached hydrogens (primary N) is 1. The molecule has 14 heavy (non-hydrogen) atoms. The first-order valence-corrected chi connectivity index (χ1v) is 5.55. The Bertz CT molecular complexity index is 318. The lowest BCUT2D eigenvalue weighted by molar-refractivity contribution is 0.617. The Morgan fingerprint density at radius 2 is 2.00 bits per heavy atom. The fourth-order valence-corrected chi connectivity index (χ4v) is 1.80. The normalized spacial score (nSPS) is 11.7. The van der Waals surface area contributed by atoms with E-state index in [4.69, 9.17) is 5.73 Å². The van der Waals surface area contributed by atoms with Gasteiger partial charge in [-0.05, 0) is 17.7 Å². The second-order valence-electron chi connectivity index (χ2n) is 4.25. The molecule has 78 valence electrons. The number of nitrogen functional groups attached to an aromatic ring is 1. The van der Waals surface area contributed by atoms with Crippen LogP contribution in [0.15, 0.2) is 18.2 Å². The van der Waals surface area contributed by atoms with E-state index in [0.29, 0.717) is 11.4 Å². The molecule has 0 fully saturated rings. The van der Waals surface area contributed by atoms with Crippen LogP contribution in [-0.2, 0) is 5.75 Å². The first kappa shape index (κ1) is 11.4. The van der Waals surface area contributed by atoms with E-state index >= 15 is 0 Å². The molecule has 0 aliphatic rings. The van der Waals surface area contributed by atoms with Gasteiger partial charge in [0, 0.05) is 16.2 Å². The van der Waals surface area contributed by atoms with Crippen molar-refractivity contribution in [3.63, 3.8) is 0 Å². The summed E-state index contributed by atoms with van der Waals surface area (Å²) >= 11 is 1.73. The number of anilines is 1. The Kier molecular flexibility index (Phi) is 3.43. The lowest BCUT2D eigenvalue weighted by Crippen LogP contribution is -2.08. The third-order valence-corrected chi connectivity index (χ3v) is 3.06. The molecule has 0 aliphatic carbocycles. The average Bonchev–Trinajstić information content (AvgIpc) is 2.00. The van der Waals surface area contributed by atoms with Crippen LogP contribution in [0.5, 0.6) is 0 Å². The summed E-state index contributed by atoms with van der Waals surface area (Å²) in [6.45, 7) is 6.35. The number of hydrogen-bond acceptors (Lipinski definition) is 2. The van der Waals surface area contributed by atoms with E-state index in [1.54, 1.807) is 23.9 Å². The van der Waals surface area contributed by atoms with Gasteiger partial charge < -0.3 is 5.73 Å². The Morgan fingerprint density at radius 3 is 2.50 bits per heavy atom. The zero-order chi connectivity index (χ0) is 10.8. The van der Waals surface area contributed by atoms with Crippen LogP contribution >= 0.6 is 11.8 Å². The highest BCUT2D eigenvalue weighted by atomic mass is 32.2. The first-order chi connectivity index (χ1) is 6.38. The van der Waals surface area contributed by atoms with E-state index in [-0.39, 0.29) is 10.6 Å². The van der Waals surface area contributed by atoms with Crippen molar-refractivity contribution in [2.45, 2.75) is 31.3 Å². The third-order valence-electron chi connectivity index (χ3n) is 1.74. The lowest BCUT2D eigenvalue weighted by Gasteiger charge is -2.17. The van der Waals surface area contributed by atoms with Crippen molar-refractivity contribution >= 4 is 17.4 Å². The number of halogens is 1. The van der Waals surface area contributed by atoms with Crippen molar-refractivity contribution in [3.8, 4) is 0 Å². The van der Waals surface area contributed by atoms with Crippen molar-refractivity contribution in [1.29, 1.82) is 0 Å². The van der Waals surface area contributed by atoms with Crippen molar-refractivity contribution in [3.05, 3.63) is 29.6 Å². The molecule has 0 aliphatic heterocycles. The van der Waals surface area contributed by atoms with Gasteiger partial charge in [-0.3, -0.25) is 0 Å². The molecule has 0 saturated carbocycles. The molecular formula is C11H16FNS. The minimum Gasteiger partial charge on any atom is -0.399 e. The smallest absolute Gasteiger partial charge is 0.129 e. The van der Waals surface area contributed by atoms with E-state index in [1.165, 1.54) is 6.07 Å². The summed E-state index contributed by atoms with van der Waals surface area (Å²) in [5.74, 6) is 0.483. The fourth-order valence-electron chi connectivity index (χ4n) is 0.975. The Morgan fingerprint density at radius 1 is 1.36 bits per heavy atom. The molecular weight excluding hydrogens is 197 g/mol. The molecule has 0 spiro atoms. The van der Waals surface area contributed by atoms with E-state index in [2.05, 4.69) is 20.8 Å². The van der Waals surface area contributed by atoms with Gasteiger partial charge in [0.25, 0.3) is 0 Å². The summed E-state index contributed by atoms with van der Waals surface area (Å²) in [7, 11) is 0. The van der Waals surface area contributed by atoms with E-state index in [9.17, 15) is 4.39 Å². The largest absolute Gasteiger partial charge is 0.399 e. The van der Waals surface area contributed by atoms with Crippen molar-refractivity contribution in [2.75, 3.05) is 5.73 Å². The minimum absolute atomic E-state index is 0.161. The van der Waals surface area contributed by atoms with Gasteiger partial charge in [-0.25, -0.2) is 4.39 Å². The highest BCUT2D eigenvalue weighted by Gasteiger charge is 2.12. The van der Waals surface area contributed by atoms with Gasteiger partial charge in [0.2, 0.25) is 0 Å². The van der Waals surface area contributed by atoms with Gasteiger partial charge in [0.1, 0.15) is 5.82 Å². The van der Waals surface area contributed by atoms with Crippen LogP contribution in [0.3, 0.4) is 0 Å². The monoisotopic (exact) mass is 213 g/mol. The Balaban J connectivity index is 2.68. The fraction of sp³-hybridized carbons (Fsp3) is 0.455. The summed E-state index contributed by atoms with van der Waals surface area (Å²) < 4.78 is 13.5. The average molecular weight is 213 g/mol. The zero-order valence-electron chi connectivity index (χ0n) is 8.80. The van der Waals surface area contributed by atoms with Gasteiger partial charge >= 0.3 is 0 Å². The molecule has 3 heteroatoms. The second kappa shape index (κ2) is 4.22. The molecule has 0 radical (unpaired) electrons. The molecule has 0 saturated heterocycles. The van der Waals surface area contributed by atoms with E-state index in [1.807, 2.05) is 0 Å². The maximum atomic E-state index is 13.3. The molecule has 0 heterocycles. The summed E-state index contributed by atoms with van der Waals surface area (Å²) in [5.41, 5.74) is 6.66. The van der Waals surface area contributed by atoms with Crippen LogP contribution in [0.2, 0.25) is 0 Å². The van der Waals surface area contributed by atoms with E-state index < -0.39 is 0 Å². The van der Waals surface area contributed by atoms with Crippen molar-refractivity contribution in [1.82, 2.24) is 0 Å². The quantitative estimate of drug-likeness (QED) is 0.762. The van der Waals surface area contributed by atoms with Gasteiger partial charge in [0.15, 0.2) is 0 Å². The standard InChI is InChI=1S/C11H16FNS/c1-11(2,3)14-7-8-4-5-9(13)6-10(8)12/h4-6H,7,13H2,1-3H3. The summed E-state index contributed by atoms with van der Waals surface area (Å²) in [5, 5.41) is 0. The Labute approximate surface area is 88.9 Å². The maximum Gasteiger partial charge on any atom is 0.129 e. The van der Waals surface area contributed by atoms with Crippen LogP contribution in [0.4, 0.5) is 10.1 Å².